The van der Waals surface area contributed by atoms with E-state index < -0.39 is 23.1 Å². The molecule has 152 valence electrons. The van der Waals surface area contributed by atoms with Crippen molar-refractivity contribution in [3.63, 3.8) is 0 Å². The molecule has 0 bridgehead atoms. The molecule has 3 heterocycles. The Kier molecular flexibility index (Phi) is 5.76. The van der Waals surface area contributed by atoms with E-state index in [1.807, 2.05) is 24.4 Å². The van der Waals surface area contributed by atoms with Gasteiger partial charge in [0.1, 0.15) is 16.4 Å². The lowest BCUT2D eigenvalue weighted by Crippen LogP contribution is -2.45. The molecular weight excluding hydrogens is 392 g/mol. The topological polar surface area (TPSA) is 125 Å². The van der Waals surface area contributed by atoms with Gasteiger partial charge in [0.25, 0.3) is 5.56 Å². The van der Waals surface area contributed by atoms with Crippen LogP contribution in [0.5, 0.6) is 0 Å². The number of Topliss-reactive ketones (excluding diaryl/α,β-unsaturated/α-hetero) is 1. The maximum absolute atomic E-state index is 12.9. The molecule has 9 nitrogen and oxygen atoms in total. The van der Waals surface area contributed by atoms with E-state index in [4.69, 9.17) is 5.73 Å². The molecule has 0 aliphatic heterocycles. The molecule has 10 heteroatoms. The molecule has 0 aromatic carbocycles. The Bertz CT molecular complexity index is 1160. The van der Waals surface area contributed by atoms with Gasteiger partial charge >= 0.3 is 5.69 Å². The fraction of sp³-hybridized carbons (Fsp3) is 0.316. The second kappa shape index (κ2) is 8.10. The molecule has 3 aromatic heterocycles. The van der Waals surface area contributed by atoms with Crippen LogP contribution in [0.3, 0.4) is 0 Å². The number of nitrogens with one attached hydrogen (secondary N) is 1. The van der Waals surface area contributed by atoms with E-state index in [2.05, 4.69) is 15.3 Å². The largest absolute Gasteiger partial charge is 0.384 e. The predicted molar refractivity (Wildman–Crippen MR) is 112 cm³/mol. The maximum atomic E-state index is 12.9. The zero-order chi connectivity index (χ0) is 21.3. The van der Waals surface area contributed by atoms with Crippen molar-refractivity contribution >= 4 is 22.9 Å². The lowest BCUT2D eigenvalue weighted by Gasteiger charge is -2.19. The van der Waals surface area contributed by atoms with Crippen LogP contribution in [0.15, 0.2) is 39.5 Å². The first-order valence-corrected chi connectivity index (χ1v) is 9.82. The molecule has 2 atom stereocenters. The number of aromatic nitrogens is 4. The first-order chi connectivity index (χ1) is 13.7. The molecule has 0 aliphatic carbocycles. The van der Waals surface area contributed by atoms with Gasteiger partial charge in [-0.1, -0.05) is 0 Å². The van der Waals surface area contributed by atoms with Gasteiger partial charge in [-0.2, -0.15) is 0 Å². The average molecular weight is 414 g/mol. The second-order valence-electron chi connectivity index (χ2n) is 6.75. The summed E-state index contributed by atoms with van der Waals surface area (Å²) in [4.78, 5) is 46.0. The van der Waals surface area contributed by atoms with Gasteiger partial charge in [0.2, 0.25) is 0 Å². The van der Waals surface area contributed by atoms with Crippen LogP contribution in [0, 0.1) is 0 Å². The number of nitrogens with two attached hydrogens (primary N) is 1. The van der Waals surface area contributed by atoms with Crippen LogP contribution in [-0.2, 0) is 14.1 Å². The highest BCUT2D eigenvalue weighted by atomic mass is 32.1. The van der Waals surface area contributed by atoms with Gasteiger partial charge in [-0.3, -0.25) is 29.0 Å². The number of carbonyl (C=O) groups excluding carboxylic acids is 1. The minimum absolute atomic E-state index is 0.141. The van der Waals surface area contributed by atoms with Crippen LogP contribution in [0.2, 0.25) is 0 Å². The Hall–Kier alpha value is -3.11. The molecule has 0 saturated heterocycles. The first-order valence-electron chi connectivity index (χ1n) is 8.94. The third-order valence-corrected chi connectivity index (χ3v) is 5.73. The molecule has 0 amide bonds. The van der Waals surface area contributed by atoms with Gasteiger partial charge in [0, 0.05) is 37.4 Å². The molecule has 3 N–H and O–H groups in total. The lowest BCUT2D eigenvalue weighted by atomic mass is 10.1. The van der Waals surface area contributed by atoms with E-state index in [1.54, 1.807) is 19.3 Å². The number of nitrogen functional groups attached to an aromatic ring is 1. The Labute approximate surface area is 170 Å². The number of hydrogen-bond donors (Lipinski definition) is 2. The number of rotatable bonds is 6. The summed E-state index contributed by atoms with van der Waals surface area (Å²) in [7, 11) is 2.74. The smallest absolute Gasteiger partial charge is 0.332 e. The Balaban J connectivity index is 1.81. The molecule has 3 aromatic rings. The zero-order valence-electron chi connectivity index (χ0n) is 16.5. The third-order valence-electron chi connectivity index (χ3n) is 4.70. The highest BCUT2D eigenvalue weighted by Gasteiger charge is 2.26. The minimum atomic E-state index is -0.705. The SMILES string of the molecule is C[C@H](N[C@H](C)C(=O)c1c(N)n(C)c(=O)n(C)c1=O)c1nc(-c2cccnc2)cs1. The summed E-state index contributed by atoms with van der Waals surface area (Å²) in [6.07, 6.45) is 3.44. The van der Waals surface area contributed by atoms with Crippen molar-refractivity contribution < 1.29 is 4.79 Å². The van der Waals surface area contributed by atoms with Crippen LogP contribution >= 0.6 is 11.3 Å². The summed E-state index contributed by atoms with van der Waals surface area (Å²) >= 11 is 1.47. The molecule has 0 unspecified atom stereocenters. The van der Waals surface area contributed by atoms with Crippen LogP contribution in [0.1, 0.15) is 35.3 Å². The number of nitrogens with zero attached hydrogens (tertiary/aromatic N) is 4. The normalized spacial score (nSPS) is 13.2. The minimum Gasteiger partial charge on any atom is -0.384 e. The molecule has 0 saturated carbocycles. The van der Waals surface area contributed by atoms with Crippen LogP contribution in [0.25, 0.3) is 11.3 Å². The van der Waals surface area contributed by atoms with Crippen molar-refractivity contribution in [2.75, 3.05) is 5.73 Å². The van der Waals surface area contributed by atoms with Crippen LogP contribution in [-0.4, -0.2) is 30.9 Å². The number of anilines is 1. The molecule has 0 radical (unpaired) electrons. The molecular formula is C19H22N6O3S. The summed E-state index contributed by atoms with van der Waals surface area (Å²) in [5.41, 5.74) is 6.12. The summed E-state index contributed by atoms with van der Waals surface area (Å²) < 4.78 is 1.96. The lowest BCUT2D eigenvalue weighted by molar-refractivity contribution is 0.0943. The average Bonchev–Trinajstić information content (AvgIpc) is 3.22. The maximum Gasteiger partial charge on any atom is 0.332 e. The molecule has 0 spiro atoms. The highest BCUT2D eigenvalue weighted by molar-refractivity contribution is 7.10. The Morgan fingerprint density at radius 2 is 1.97 bits per heavy atom. The van der Waals surface area contributed by atoms with Gasteiger partial charge in [-0.25, -0.2) is 9.78 Å². The number of carbonyl (C=O) groups is 1. The van der Waals surface area contributed by atoms with E-state index in [9.17, 15) is 14.4 Å². The molecule has 3 rings (SSSR count). The van der Waals surface area contributed by atoms with Crippen molar-refractivity contribution in [2.24, 2.45) is 14.1 Å². The summed E-state index contributed by atoms with van der Waals surface area (Å²) in [6.45, 7) is 3.54. The third kappa shape index (κ3) is 3.89. The molecule has 29 heavy (non-hydrogen) atoms. The quantitative estimate of drug-likeness (QED) is 0.579. The van der Waals surface area contributed by atoms with Crippen molar-refractivity contribution in [3.05, 3.63) is 61.3 Å². The molecule has 0 fully saturated rings. The number of thiazole rings is 1. The van der Waals surface area contributed by atoms with E-state index >= 15 is 0 Å². The van der Waals surface area contributed by atoms with E-state index in [1.165, 1.54) is 25.4 Å². The monoisotopic (exact) mass is 414 g/mol. The van der Waals surface area contributed by atoms with E-state index in [0.717, 1.165) is 25.4 Å². The standard InChI is InChI=1S/C19H22N6O3S/c1-10(15(26)14-16(20)24(3)19(28)25(4)18(14)27)22-11(2)17-23-13(9-29-17)12-6-5-7-21-8-12/h5-11,22H,20H2,1-4H3/t10-,11+/m1/s1. The number of hydrogen-bond acceptors (Lipinski definition) is 8. The van der Waals surface area contributed by atoms with Crippen molar-refractivity contribution in [2.45, 2.75) is 25.9 Å². The first kappa shape index (κ1) is 20.6. The van der Waals surface area contributed by atoms with Crippen molar-refractivity contribution in [1.29, 1.82) is 0 Å². The van der Waals surface area contributed by atoms with Gasteiger partial charge < -0.3 is 5.73 Å². The van der Waals surface area contributed by atoms with E-state index in [-0.39, 0.29) is 17.4 Å². The zero-order valence-corrected chi connectivity index (χ0v) is 17.4. The van der Waals surface area contributed by atoms with Crippen molar-refractivity contribution in [3.8, 4) is 11.3 Å². The van der Waals surface area contributed by atoms with Gasteiger partial charge in [0.15, 0.2) is 5.78 Å². The van der Waals surface area contributed by atoms with Crippen LogP contribution < -0.4 is 22.3 Å². The Morgan fingerprint density at radius 3 is 2.62 bits per heavy atom. The van der Waals surface area contributed by atoms with Crippen molar-refractivity contribution in [1.82, 2.24) is 24.4 Å². The van der Waals surface area contributed by atoms with Gasteiger partial charge in [-0.15, -0.1) is 11.3 Å². The Morgan fingerprint density at radius 1 is 1.24 bits per heavy atom. The number of pyridine rings is 1. The fourth-order valence-electron chi connectivity index (χ4n) is 2.96. The predicted octanol–water partition coefficient (Wildman–Crippen LogP) is 1.11. The highest BCUT2D eigenvalue weighted by Crippen LogP contribution is 2.25. The second-order valence-corrected chi connectivity index (χ2v) is 7.64. The summed E-state index contributed by atoms with van der Waals surface area (Å²) in [6, 6.07) is 2.83. The molecule has 0 aliphatic rings. The fourth-order valence-corrected chi connectivity index (χ4v) is 3.81. The summed E-state index contributed by atoms with van der Waals surface area (Å²) in [5, 5.41) is 5.88. The summed E-state index contributed by atoms with van der Waals surface area (Å²) in [5.74, 6) is -0.618. The van der Waals surface area contributed by atoms with Gasteiger partial charge in [-0.05, 0) is 26.0 Å². The van der Waals surface area contributed by atoms with Crippen LogP contribution in [0.4, 0.5) is 5.82 Å². The number of ketones is 1. The van der Waals surface area contributed by atoms with Gasteiger partial charge in [0.05, 0.1) is 17.8 Å². The van der Waals surface area contributed by atoms with E-state index in [0.29, 0.717) is 0 Å².